The molecule has 1 amide bonds. The molecule has 1 saturated heterocycles. The second kappa shape index (κ2) is 5.33. The van der Waals surface area contributed by atoms with Crippen LogP contribution in [-0.4, -0.2) is 44.9 Å². The highest BCUT2D eigenvalue weighted by molar-refractivity contribution is 7.20. The first-order valence-electron chi connectivity index (χ1n) is 7.25. The number of carbonyl (C=O) groups excluding carboxylic acids is 1. The quantitative estimate of drug-likeness (QED) is 0.775. The number of aromatic nitrogens is 2. The lowest BCUT2D eigenvalue weighted by atomic mass is 10.1. The zero-order valence-electron chi connectivity index (χ0n) is 12.4. The standard InChI is InChI=1S/C16H14ClN3O2S/c1-9-13-6-14(15(22)19-7-12(21)8-19)23-16(13)20(18-9)11-4-2-10(17)3-5-11/h2-6,12,21H,7-8H2,1H3. The highest BCUT2D eigenvalue weighted by Gasteiger charge is 2.31. The van der Waals surface area contributed by atoms with Gasteiger partial charge in [-0.1, -0.05) is 11.6 Å². The Hall–Kier alpha value is -1.89. The lowest BCUT2D eigenvalue weighted by Crippen LogP contribution is -2.53. The number of aliphatic hydroxyl groups is 1. The number of thiophene rings is 1. The number of β-amino-alcohol motifs (C(OH)–C–C–N with tert-alkyl or cyclic N) is 1. The number of benzene rings is 1. The van der Waals surface area contributed by atoms with Crippen LogP contribution in [0.2, 0.25) is 5.02 Å². The van der Waals surface area contributed by atoms with Crippen LogP contribution in [0.3, 0.4) is 0 Å². The van der Waals surface area contributed by atoms with Gasteiger partial charge in [0.2, 0.25) is 0 Å². The number of amides is 1. The van der Waals surface area contributed by atoms with E-state index in [9.17, 15) is 9.90 Å². The van der Waals surface area contributed by atoms with E-state index in [1.165, 1.54) is 11.3 Å². The Morgan fingerprint density at radius 3 is 2.70 bits per heavy atom. The number of likely N-dealkylation sites (tertiary alicyclic amines) is 1. The summed E-state index contributed by atoms with van der Waals surface area (Å²) >= 11 is 7.36. The number of hydrogen-bond donors (Lipinski definition) is 1. The van der Waals surface area contributed by atoms with Crippen LogP contribution in [-0.2, 0) is 0 Å². The maximum absolute atomic E-state index is 12.4. The molecule has 1 aliphatic rings. The summed E-state index contributed by atoms with van der Waals surface area (Å²) in [5.74, 6) is -0.0291. The van der Waals surface area contributed by atoms with Crippen molar-refractivity contribution < 1.29 is 9.90 Å². The van der Waals surface area contributed by atoms with Gasteiger partial charge in [0.1, 0.15) is 4.83 Å². The number of aliphatic hydroxyl groups excluding tert-OH is 1. The summed E-state index contributed by atoms with van der Waals surface area (Å²) in [6, 6.07) is 9.34. The van der Waals surface area contributed by atoms with E-state index in [4.69, 9.17) is 11.6 Å². The molecule has 7 heteroatoms. The summed E-state index contributed by atoms with van der Waals surface area (Å²) in [5.41, 5.74) is 1.79. The molecule has 0 radical (unpaired) electrons. The van der Waals surface area contributed by atoms with Gasteiger partial charge in [-0.15, -0.1) is 11.3 Å². The molecule has 1 N–H and O–H groups in total. The van der Waals surface area contributed by atoms with E-state index >= 15 is 0 Å². The summed E-state index contributed by atoms with van der Waals surface area (Å²) in [7, 11) is 0. The van der Waals surface area contributed by atoms with Crippen LogP contribution in [0.25, 0.3) is 15.9 Å². The largest absolute Gasteiger partial charge is 0.389 e. The van der Waals surface area contributed by atoms with Gasteiger partial charge in [0.15, 0.2) is 0 Å². The fourth-order valence-electron chi connectivity index (χ4n) is 2.69. The minimum atomic E-state index is -0.389. The Morgan fingerprint density at radius 2 is 2.04 bits per heavy atom. The van der Waals surface area contributed by atoms with Crippen LogP contribution < -0.4 is 0 Å². The van der Waals surface area contributed by atoms with Crippen LogP contribution in [0.5, 0.6) is 0 Å². The van der Waals surface area contributed by atoms with Crippen LogP contribution in [0.1, 0.15) is 15.4 Å². The maximum Gasteiger partial charge on any atom is 0.264 e. The van der Waals surface area contributed by atoms with Gasteiger partial charge in [0.05, 0.1) is 22.4 Å². The number of rotatable bonds is 2. The first-order valence-corrected chi connectivity index (χ1v) is 8.45. The molecule has 0 unspecified atom stereocenters. The van der Waals surface area contributed by atoms with E-state index in [-0.39, 0.29) is 12.0 Å². The van der Waals surface area contributed by atoms with Crippen molar-refractivity contribution in [2.75, 3.05) is 13.1 Å². The van der Waals surface area contributed by atoms with E-state index in [1.807, 2.05) is 41.9 Å². The summed E-state index contributed by atoms with van der Waals surface area (Å²) in [4.78, 5) is 15.7. The van der Waals surface area contributed by atoms with Crippen molar-refractivity contribution in [2.24, 2.45) is 0 Å². The predicted octanol–water partition coefficient (Wildman–Crippen LogP) is 2.87. The molecule has 0 atom stereocenters. The molecule has 0 spiro atoms. The van der Waals surface area contributed by atoms with E-state index < -0.39 is 0 Å². The molecule has 3 aromatic rings. The SMILES string of the molecule is Cc1nn(-c2ccc(Cl)cc2)c2sc(C(=O)N3CC(O)C3)cc12. The number of nitrogens with zero attached hydrogens (tertiary/aromatic N) is 3. The average Bonchev–Trinajstić information content (AvgIpc) is 3.05. The molecule has 3 heterocycles. The van der Waals surface area contributed by atoms with E-state index in [2.05, 4.69) is 5.10 Å². The fraction of sp³-hybridized carbons (Fsp3) is 0.250. The van der Waals surface area contributed by atoms with Crippen molar-refractivity contribution >= 4 is 39.1 Å². The monoisotopic (exact) mass is 347 g/mol. The van der Waals surface area contributed by atoms with Crippen LogP contribution in [0, 0.1) is 6.92 Å². The molecule has 4 rings (SSSR count). The van der Waals surface area contributed by atoms with Crippen molar-refractivity contribution in [1.82, 2.24) is 14.7 Å². The topological polar surface area (TPSA) is 58.4 Å². The molecular formula is C16H14ClN3O2S. The van der Waals surface area contributed by atoms with Crippen molar-refractivity contribution in [1.29, 1.82) is 0 Å². The molecule has 5 nitrogen and oxygen atoms in total. The highest BCUT2D eigenvalue weighted by Crippen LogP contribution is 2.32. The minimum Gasteiger partial charge on any atom is -0.389 e. The van der Waals surface area contributed by atoms with Gasteiger partial charge in [-0.3, -0.25) is 4.79 Å². The van der Waals surface area contributed by atoms with Gasteiger partial charge in [-0.25, -0.2) is 4.68 Å². The lowest BCUT2D eigenvalue weighted by molar-refractivity contribution is 0.00623. The number of aryl methyl sites for hydroxylation is 1. The van der Waals surface area contributed by atoms with Gasteiger partial charge in [0.25, 0.3) is 5.91 Å². The second-order valence-electron chi connectivity index (χ2n) is 5.67. The summed E-state index contributed by atoms with van der Waals surface area (Å²) in [6.45, 7) is 2.76. The Morgan fingerprint density at radius 1 is 1.35 bits per heavy atom. The van der Waals surface area contributed by atoms with Gasteiger partial charge in [0, 0.05) is 23.5 Å². The van der Waals surface area contributed by atoms with Crippen LogP contribution >= 0.6 is 22.9 Å². The van der Waals surface area contributed by atoms with Crippen molar-refractivity contribution in [3.8, 4) is 5.69 Å². The Bertz CT molecular complexity index is 894. The highest BCUT2D eigenvalue weighted by atomic mass is 35.5. The van der Waals surface area contributed by atoms with Gasteiger partial charge in [-0.2, -0.15) is 5.10 Å². The second-order valence-corrected chi connectivity index (χ2v) is 7.13. The first-order chi connectivity index (χ1) is 11.0. The third kappa shape index (κ3) is 2.43. The molecule has 2 aromatic heterocycles. The lowest BCUT2D eigenvalue weighted by Gasteiger charge is -2.35. The normalized spacial score (nSPS) is 15.2. The molecule has 23 heavy (non-hydrogen) atoms. The number of hydrogen-bond acceptors (Lipinski definition) is 4. The zero-order chi connectivity index (χ0) is 16.1. The van der Waals surface area contributed by atoms with Gasteiger partial charge < -0.3 is 10.0 Å². The van der Waals surface area contributed by atoms with Gasteiger partial charge in [-0.05, 0) is 37.3 Å². The van der Waals surface area contributed by atoms with Crippen molar-refractivity contribution in [2.45, 2.75) is 13.0 Å². The van der Waals surface area contributed by atoms with E-state index in [1.54, 1.807) is 4.90 Å². The Labute approximate surface area is 141 Å². The Kier molecular flexibility index (Phi) is 3.41. The smallest absolute Gasteiger partial charge is 0.264 e. The Balaban J connectivity index is 1.75. The molecule has 0 saturated carbocycles. The molecule has 1 fully saturated rings. The molecular weight excluding hydrogens is 334 g/mol. The number of carbonyl (C=O) groups is 1. The maximum atomic E-state index is 12.4. The average molecular weight is 348 g/mol. The molecule has 1 aliphatic heterocycles. The predicted molar refractivity (Wildman–Crippen MR) is 90.6 cm³/mol. The summed E-state index contributed by atoms with van der Waals surface area (Å²) in [5, 5.41) is 15.6. The third-order valence-corrected chi connectivity index (χ3v) is 5.33. The van der Waals surface area contributed by atoms with Gasteiger partial charge >= 0.3 is 0 Å². The number of fused-ring (bicyclic) bond motifs is 1. The zero-order valence-corrected chi connectivity index (χ0v) is 13.9. The van der Waals surface area contributed by atoms with Crippen molar-refractivity contribution in [3.05, 3.63) is 45.9 Å². The van der Waals surface area contributed by atoms with Crippen LogP contribution in [0.4, 0.5) is 0 Å². The molecule has 118 valence electrons. The van der Waals surface area contributed by atoms with E-state index in [0.717, 1.165) is 21.6 Å². The molecule has 0 bridgehead atoms. The third-order valence-electron chi connectivity index (χ3n) is 3.98. The minimum absolute atomic E-state index is 0.0291. The summed E-state index contributed by atoms with van der Waals surface area (Å²) < 4.78 is 1.84. The summed E-state index contributed by atoms with van der Waals surface area (Å²) in [6.07, 6.45) is -0.389. The number of halogens is 1. The van der Waals surface area contributed by atoms with Crippen molar-refractivity contribution in [3.63, 3.8) is 0 Å². The van der Waals surface area contributed by atoms with E-state index in [0.29, 0.717) is 23.0 Å². The molecule has 1 aromatic carbocycles. The molecule has 0 aliphatic carbocycles. The fourth-order valence-corrected chi connectivity index (χ4v) is 3.96. The van der Waals surface area contributed by atoms with Crippen LogP contribution in [0.15, 0.2) is 30.3 Å². The first kappa shape index (κ1) is 14.7.